The first-order chi connectivity index (χ1) is 6.12. The van der Waals surface area contributed by atoms with Crippen LogP contribution in [0.1, 0.15) is 39.0 Å². The Labute approximate surface area is 77.4 Å². The molecule has 2 fully saturated rings. The van der Waals surface area contributed by atoms with E-state index in [0.717, 1.165) is 12.8 Å². The minimum Gasteiger partial charge on any atom is -0.451 e. The third-order valence-corrected chi connectivity index (χ3v) is 3.09. The summed E-state index contributed by atoms with van der Waals surface area (Å²) in [6.45, 7) is 2.11. The fourth-order valence-electron chi connectivity index (χ4n) is 2.35. The Morgan fingerprint density at radius 2 is 2.15 bits per heavy atom. The molecule has 1 aliphatic heterocycles. The van der Waals surface area contributed by atoms with Crippen LogP contribution in [0.5, 0.6) is 0 Å². The largest absolute Gasteiger partial charge is 0.451 e. The van der Waals surface area contributed by atoms with Crippen molar-refractivity contribution in [2.75, 3.05) is 0 Å². The van der Waals surface area contributed by atoms with Gasteiger partial charge in [0.15, 0.2) is 11.4 Å². The summed E-state index contributed by atoms with van der Waals surface area (Å²) in [4.78, 5) is 22.6. The number of hydrogen-bond acceptors (Lipinski definition) is 3. The molecule has 0 amide bonds. The predicted molar refractivity (Wildman–Crippen MR) is 46.1 cm³/mol. The standard InChI is InChI=1S/C10H14O3/c1-7-2-3-8(11)10(6-7)5-4-9(12)13-10/h7H,2-6H2,1H3/t7-,10-/m0/s1. The molecule has 3 heteroatoms. The zero-order chi connectivity index (χ0) is 9.47. The first-order valence-corrected chi connectivity index (χ1v) is 4.87. The van der Waals surface area contributed by atoms with Gasteiger partial charge in [0.1, 0.15) is 0 Å². The molecule has 0 radical (unpaired) electrons. The summed E-state index contributed by atoms with van der Waals surface area (Å²) >= 11 is 0. The van der Waals surface area contributed by atoms with Crippen molar-refractivity contribution in [1.29, 1.82) is 0 Å². The molecule has 0 unspecified atom stereocenters. The topological polar surface area (TPSA) is 43.4 Å². The molecule has 72 valence electrons. The maximum atomic E-state index is 11.6. The predicted octanol–water partition coefficient (Wildman–Crippen LogP) is 1.45. The van der Waals surface area contributed by atoms with E-state index in [1.165, 1.54) is 0 Å². The number of hydrogen-bond donors (Lipinski definition) is 0. The normalized spacial score (nSPS) is 39.6. The number of carbonyl (C=O) groups is 2. The highest BCUT2D eigenvalue weighted by Gasteiger charge is 2.49. The molecule has 13 heavy (non-hydrogen) atoms. The monoisotopic (exact) mass is 182 g/mol. The van der Waals surface area contributed by atoms with Gasteiger partial charge in [0.05, 0.1) is 0 Å². The molecule has 2 rings (SSSR count). The summed E-state index contributed by atoms with van der Waals surface area (Å²) in [5.41, 5.74) is -0.714. The van der Waals surface area contributed by atoms with Crippen LogP contribution in [0.25, 0.3) is 0 Å². The highest BCUT2D eigenvalue weighted by Crippen LogP contribution is 2.39. The summed E-state index contributed by atoms with van der Waals surface area (Å²) in [5.74, 6) is 0.433. The second kappa shape index (κ2) is 2.82. The fourth-order valence-corrected chi connectivity index (χ4v) is 2.35. The minimum absolute atomic E-state index is 0.136. The van der Waals surface area contributed by atoms with Crippen LogP contribution in [0.3, 0.4) is 0 Å². The summed E-state index contributed by atoms with van der Waals surface area (Å²) in [6, 6.07) is 0. The third kappa shape index (κ3) is 1.36. The van der Waals surface area contributed by atoms with Crippen LogP contribution < -0.4 is 0 Å². The van der Waals surface area contributed by atoms with Gasteiger partial charge in [-0.05, 0) is 18.8 Å². The molecule has 1 saturated carbocycles. The molecular formula is C10H14O3. The molecule has 1 aliphatic carbocycles. The van der Waals surface area contributed by atoms with Crippen LogP contribution in [-0.4, -0.2) is 17.4 Å². The quantitative estimate of drug-likeness (QED) is 0.532. The van der Waals surface area contributed by atoms with E-state index in [1.54, 1.807) is 0 Å². The van der Waals surface area contributed by atoms with Gasteiger partial charge >= 0.3 is 5.97 Å². The van der Waals surface area contributed by atoms with E-state index in [4.69, 9.17) is 4.74 Å². The molecule has 2 aliphatic rings. The van der Waals surface area contributed by atoms with Gasteiger partial charge < -0.3 is 4.74 Å². The van der Waals surface area contributed by atoms with Crippen LogP contribution in [0, 0.1) is 5.92 Å². The van der Waals surface area contributed by atoms with Crippen molar-refractivity contribution in [1.82, 2.24) is 0 Å². The summed E-state index contributed by atoms with van der Waals surface area (Å²) in [7, 11) is 0. The lowest BCUT2D eigenvalue weighted by Gasteiger charge is -2.33. The van der Waals surface area contributed by atoms with Gasteiger partial charge in [-0.1, -0.05) is 6.92 Å². The van der Waals surface area contributed by atoms with Gasteiger partial charge in [0.2, 0.25) is 0 Å². The Hall–Kier alpha value is -0.860. The average molecular weight is 182 g/mol. The van der Waals surface area contributed by atoms with E-state index in [1.807, 2.05) is 0 Å². The van der Waals surface area contributed by atoms with Crippen LogP contribution in [0.15, 0.2) is 0 Å². The molecule has 0 N–H and O–H groups in total. The number of ether oxygens (including phenoxy) is 1. The molecular weight excluding hydrogens is 168 g/mol. The van der Waals surface area contributed by atoms with Crippen molar-refractivity contribution in [2.24, 2.45) is 5.92 Å². The van der Waals surface area contributed by atoms with E-state index in [0.29, 0.717) is 25.2 Å². The highest BCUT2D eigenvalue weighted by molar-refractivity contribution is 5.92. The number of esters is 1. The van der Waals surface area contributed by atoms with Crippen molar-refractivity contribution in [2.45, 2.75) is 44.6 Å². The zero-order valence-corrected chi connectivity index (χ0v) is 7.84. The number of rotatable bonds is 0. The van der Waals surface area contributed by atoms with E-state index >= 15 is 0 Å². The van der Waals surface area contributed by atoms with Crippen molar-refractivity contribution >= 4 is 11.8 Å². The van der Waals surface area contributed by atoms with Gasteiger partial charge in [-0.15, -0.1) is 0 Å². The summed E-state index contributed by atoms with van der Waals surface area (Å²) in [6.07, 6.45) is 3.28. The van der Waals surface area contributed by atoms with Gasteiger partial charge in [-0.3, -0.25) is 9.59 Å². The Morgan fingerprint density at radius 3 is 2.77 bits per heavy atom. The summed E-state index contributed by atoms with van der Waals surface area (Å²) < 4.78 is 5.18. The molecule has 1 heterocycles. The lowest BCUT2D eigenvalue weighted by atomic mass is 9.76. The van der Waals surface area contributed by atoms with Gasteiger partial charge in [-0.2, -0.15) is 0 Å². The molecule has 3 nitrogen and oxygen atoms in total. The third-order valence-electron chi connectivity index (χ3n) is 3.09. The van der Waals surface area contributed by atoms with Gasteiger partial charge in [0.25, 0.3) is 0 Å². The fraction of sp³-hybridized carbons (Fsp3) is 0.800. The Morgan fingerprint density at radius 1 is 1.38 bits per heavy atom. The smallest absolute Gasteiger partial charge is 0.306 e. The van der Waals surface area contributed by atoms with Crippen molar-refractivity contribution in [3.05, 3.63) is 0 Å². The van der Waals surface area contributed by atoms with Crippen LogP contribution in [0.4, 0.5) is 0 Å². The lowest BCUT2D eigenvalue weighted by Crippen LogP contribution is -2.43. The number of ketones is 1. The minimum atomic E-state index is -0.714. The van der Waals surface area contributed by atoms with E-state index in [-0.39, 0.29) is 11.8 Å². The zero-order valence-electron chi connectivity index (χ0n) is 7.84. The van der Waals surface area contributed by atoms with Gasteiger partial charge in [0, 0.05) is 19.3 Å². The SMILES string of the molecule is C[C@H]1CCC(=O)[C@]2(CCC(=O)O2)C1. The number of carbonyl (C=O) groups excluding carboxylic acids is 2. The van der Waals surface area contributed by atoms with E-state index < -0.39 is 5.60 Å². The van der Waals surface area contributed by atoms with Crippen molar-refractivity contribution < 1.29 is 14.3 Å². The average Bonchev–Trinajstić information content (AvgIpc) is 2.42. The molecule has 1 saturated heterocycles. The molecule has 0 bridgehead atoms. The molecule has 0 aromatic heterocycles. The first-order valence-electron chi connectivity index (χ1n) is 4.87. The van der Waals surface area contributed by atoms with Crippen LogP contribution in [-0.2, 0) is 14.3 Å². The maximum absolute atomic E-state index is 11.6. The molecule has 1 spiro atoms. The second-order valence-corrected chi connectivity index (χ2v) is 4.24. The maximum Gasteiger partial charge on any atom is 0.306 e. The molecule has 2 atom stereocenters. The second-order valence-electron chi connectivity index (χ2n) is 4.24. The van der Waals surface area contributed by atoms with Crippen LogP contribution >= 0.6 is 0 Å². The molecule has 0 aromatic rings. The lowest BCUT2D eigenvalue weighted by molar-refractivity contribution is -0.161. The Balaban J connectivity index is 2.19. The Bertz CT molecular complexity index is 259. The van der Waals surface area contributed by atoms with E-state index in [2.05, 4.69) is 6.92 Å². The first kappa shape index (κ1) is 8.73. The molecule has 0 aromatic carbocycles. The van der Waals surface area contributed by atoms with Crippen molar-refractivity contribution in [3.8, 4) is 0 Å². The van der Waals surface area contributed by atoms with E-state index in [9.17, 15) is 9.59 Å². The van der Waals surface area contributed by atoms with Gasteiger partial charge in [-0.25, -0.2) is 0 Å². The summed E-state index contributed by atoms with van der Waals surface area (Å²) in [5, 5.41) is 0. The Kier molecular flexibility index (Phi) is 1.90. The highest BCUT2D eigenvalue weighted by atomic mass is 16.6. The number of Topliss-reactive ketones (excluding diaryl/α,β-unsaturated/α-hetero) is 1. The van der Waals surface area contributed by atoms with Crippen molar-refractivity contribution in [3.63, 3.8) is 0 Å². The van der Waals surface area contributed by atoms with Crippen LogP contribution in [0.2, 0.25) is 0 Å².